The molecule has 2 nitrogen and oxygen atoms in total. The van der Waals surface area contributed by atoms with Crippen molar-refractivity contribution in [3.05, 3.63) is 60.2 Å². The Morgan fingerprint density at radius 3 is 2.59 bits per heavy atom. The highest BCUT2D eigenvalue weighted by atomic mass is 19.1. The summed E-state index contributed by atoms with van der Waals surface area (Å²) in [6, 6.07) is 10.5. The summed E-state index contributed by atoms with van der Waals surface area (Å²) < 4.78 is 14.9. The molecule has 0 amide bonds. The molecule has 0 unspecified atom stereocenters. The third-order valence-corrected chi connectivity index (χ3v) is 2.79. The van der Waals surface area contributed by atoms with Crippen LogP contribution < -0.4 is 0 Å². The lowest BCUT2D eigenvalue weighted by molar-refractivity contribution is 0.628. The second-order valence-electron chi connectivity index (χ2n) is 4.08. The largest absolute Gasteiger partial charge is 0.299 e. The minimum Gasteiger partial charge on any atom is -0.299 e. The van der Waals surface area contributed by atoms with Crippen LogP contribution in [0.5, 0.6) is 0 Å². The van der Waals surface area contributed by atoms with Gasteiger partial charge in [-0.25, -0.2) is 9.37 Å². The maximum Gasteiger partial charge on any atom is 0.137 e. The van der Waals surface area contributed by atoms with Gasteiger partial charge in [-0.2, -0.15) is 0 Å². The highest BCUT2D eigenvalue weighted by molar-refractivity contribution is 5.63. The molecule has 0 fully saturated rings. The highest BCUT2D eigenvalue weighted by Gasteiger charge is 2.05. The quantitative estimate of drug-likeness (QED) is 0.621. The van der Waals surface area contributed by atoms with Gasteiger partial charge in [0.25, 0.3) is 0 Å². The van der Waals surface area contributed by atoms with Crippen LogP contribution in [0.4, 0.5) is 4.39 Å². The zero-order valence-electron chi connectivity index (χ0n) is 9.39. The molecule has 0 aliphatic carbocycles. The molecule has 3 rings (SSSR count). The van der Waals surface area contributed by atoms with Crippen molar-refractivity contribution < 1.29 is 4.39 Å². The molecule has 0 radical (unpaired) electrons. The first-order valence-electron chi connectivity index (χ1n) is 5.44. The summed E-state index contributed by atoms with van der Waals surface area (Å²) in [4.78, 5) is 4.33. The number of rotatable bonds is 1. The van der Waals surface area contributed by atoms with Gasteiger partial charge in [-0.15, -0.1) is 0 Å². The van der Waals surface area contributed by atoms with Crippen molar-refractivity contribution in [3.8, 4) is 11.3 Å². The van der Waals surface area contributed by atoms with Crippen LogP contribution in [-0.4, -0.2) is 9.38 Å². The molecule has 0 saturated heterocycles. The SMILES string of the molecule is Cc1ccc2ncc(-c3ccc(F)cc3)n2c1. The average Bonchev–Trinajstić information content (AvgIpc) is 2.73. The number of imidazole rings is 1. The zero-order chi connectivity index (χ0) is 11.8. The van der Waals surface area contributed by atoms with Gasteiger partial charge in [0.05, 0.1) is 11.9 Å². The summed E-state index contributed by atoms with van der Waals surface area (Å²) in [5.41, 5.74) is 4.00. The second-order valence-corrected chi connectivity index (χ2v) is 4.08. The van der Waals surface area contributed by atoms with Gasteiger partial charge in [0, 0.05) is 11.8 Å². The number of benzene rings is 1. The molecule has 0 aliphatic heterocycles. The number of pyridine rings is 1. The molecule has 2 aromatic heterocycles. The van der Waals surface area contributed by atoms with Gasteiger partial charge in [0.2, 0.25) is 0 Å². The monoisotopic (exact) mass is 226 g/mol. The number of hydrogen-bond donors (Lipinski definition) is 0. The second kappa shape index (κ2) is 3.70. The Morgan fingerprint density at radius 1 is 1.06 bits per heavy atom. The summed E-state index contributed by atoms with van der Waals surface area (Å²) in [6.07, 6.45) is 3.84. The predicted octanol–water partition coefficient (Wildman–Crippen LogP) is 3.45. The molecule has 2 heterocycles. The number of aromatic nitrogens is 2. The molecule has 17 heavy (non-hydrogen) atoms. The van der Waals surface area contributed by atoms with E-state index in [1.807, 2.05) is 35.9 Å². The number of halogens is 1. The molecule has 0 bridgehead atoms. The topological polar surface area (TPSA) is 17.3 Å². The Bertz CT molecular complexity index is 668. The van der Waals surface area contributed by atoms with Crippen molar-refractivity contribution in [2.75, 3.05) is 0 Å². The molecule has 1 aromatic carbocycles. The normalized spacial score (nSPS) is 10.9. The van der Waals surface area contributed by atoms with Crippen LogP contribution >= 0.6 is 0 Å². The summed E-state index contributed by atoms with van der Waals surface area (Å²) in [6.45, 7) is 2.04. The van der Waals surface area contributed by atoms with Crippen LogP contribution in [0.25, 0.3) is 16.9 Å². The number of fused-ring (bicyclic) bond motifs is 1. The lowest BCUT2D eigenvalue weighted by atomic mass is 10.1. The smallest absolute Gasteiger partial charge is 0.137 e. The summed E-state index contributed by atoms with van der Waals surface area (Å²) in [5, 5.41) is 0. The molecule has 0 spiro atoms. The van der Waals surface area contributed by atoms with Crippen molar-refractivity contribution in [3.63, 3.8) is 0 Å². The van der Waals surface area contributed by atoms with Gasteiger partial charge in [-0.1, -0.05) is 6.07 Å². The van der Waals surface area contributed by atoms with Gasteiger partial charge in [-0.3, -0.25) is 4.40 Å². The Balaban J connectivity index is 2.23. The fraction of sp³-hybridized carbons (Fsp3) is 0.0714. The van der Waals surface area contributed by atoms with Crippen LogP contribution in [0, 0.1) is 12.7 Å². The van der Waals surface area contributed by atoms with Crippen molar-refractivity contribution in [2.24, 2.45) is 0 Å². The maximum absolute atomic E-state index is 12.9. The lowest BCUT2D eigenvalue weighted by Gasteiger charge is -2.02. The van der Waals surface area contributed by atoms with Crippen molar-refractivity contribution >= 4 is 5.65 Å². The minimum atomic E-state index is -0.223. The Hall–Kier alpha value is -2.16. The molecular weight excluding hydrogens is 215 g/mol. The first-order chi connectivity index (χ1) is 8.24. The van der Waals surface area contributed by atoms with Crippen LogP contribution in [-0.2, 0) is 0 Å². The van der Waals surface area contributed by atoms with E-state index in [2.05, 4.69) is 4.98 Å². The molecule has 0 N–H and O–H groups in total. The van der Waals surface area contributed by atoms with Gasteiger partial charge in [0.1, 0.15) is 11.5 Å². The van der Waals surface area contributed by atoms with Gasteiger partial charge in [-0.05, 0) is 42.8 Å². The van der Waals surface area contributed by atoms with E-state index in [4.69, 9.17) is 0 Å². The molecule has 0 saturated carbocycles. The molecule has 84 valence electrons. The average molecular weight is 226 g/mol. The van der Waals surface area contributed by atoms with Crippen LogP contribution in [0.15, 0.2) is 48.8 Å². The number of hydrogen-bond acceptors (Lipinski definition) is 1. The lowest BCUT2D eigenvalue weighted by Crippen LogP contribution is -1.89. The number of aryl methyl sites for hydroxylation is 1. The van der Waals surface area contributed by atoms with Gasteiger partial charge < -0.3 is 0 Å². The van der Waals surface area contributed by atoms with Gasteiger partial charge >= 0.3 is 0 Å². The van der Waals surface area contributed by atoms with E-state index in [1.54, 1.807) is 12.1 Å². The standard InChI is InChI=1S/C14H11FN2/c1-10-2-7-14-16-8-13(17(14)9-10)11-3-5-12(15)6-4-11/h2-9H,1H3. The van der Waals surface area contributed by atoms with Crippen LogP contribution in [0.3, 0.4) is 0 Å². The van der Waals surface area contributed by atoms with E-state index in [9.17, 15) is 4.39 Å². The molecular formula is C14H11FN2. The van der Waals surface area contributed by atoms with Crippen molar-refractivity contribution in [1.29, 1.82) is 0 Å². The van der Waals surface area contributed by atoms with E-state index in [0.29, 0.717) is 0 Å². The molecule has 3 aromatic rings. The Kier molecular flexibility index (Phi) is 2.18. The van der Waals surface area contributed by atoms with Gasteiger partial charge in [0.15, 0.2) is 0 Å². The van der Waals surface area contributed by atoms with E-state index in [0.717, 1.165) is 16.9 Å². The first kappa shape index (κ1) is 10.0. The molecule has 0 atom stereocenters. The van der Waals surface area contributed by atoms with E-state index in [-0.39, 0.29) is 5.82 Å². The predicted molar refractivity (Wildman–Crippen MR) is 65.3 cm³/mol. The highest BCUT2D eigenvalue weighted by Crippen LogP contribution is 2.21. The summed E-state index contributed by atoms with van der Waals surface area (Å²) >= 11 is 0. The molecule has 0 aliphatic rings. The summed E-state index contributed by atoms with van der Waals surface area (Å²) in [7, 11) is 0. The third-order valence-electron chi connectivity index (χ3n) is 2.79. The van der Waals surface area contributed by atoms with Crippen molar-refractivity contribution in [1.82, 2.24) is 9.38 Å². The Morgan fingerprint density at radius 2 is 1.82 bits per heavy atom. The van der Waals surface area contributed by atoms with Crippen LogP contribution in [0.1, 0.15) is 5.56 Å². The fourth-order valence-corrected chi connectivity index (χ4v) is 1.92. The first-order valence-corrected chi connectivity index (χ1v) is 5.44. The van der Waals surface area contributed by atoms with E-state index >= 15 is 0 Å². The third kappa shape index (κ3) is 1.69. The van der Waals surface area contributed by atoms with Crippen molar-refractivity contribution in [2.45, 2.75) is 6.92 Å². The fourth-order valence-electron chi connectivity index (χ4n) is 1.92. The van der Waals surface area contributed by atoms with E-state index in [1.165, 1.54) is 17.7 Å². The van der Waals surface area contributed by atoms with Crippen LogP contribution in [0.2, 0.25) is 0 Å². The van der Waals surface area contributed by atoms with E-state index < -0.39 is 0 Å². The maximum atomic E-state index is 12.9. The Labute approximate surface area is 98.4 Å². The minimum absolute atomic E-state index is 0.223. The number of nitrogens with zero attached hydrogens (tertiary/aromatic N) is 2. The summed E-state index contributed by atoms with van der Waals surface area (Å²) in [5.74, 6) is -0.223. The molecule has 3 heteroatoms. The zero-order valence-corrected chi connectivity index (χ0v) is 9.39.